The predicted molar refractivity (Wildman–Crippen MR) is 110 cm³/mol. The first kappa shape index (κ1) is 27.5. The van der Waals surface area contributed by atoms with Gasteiger partial charge in [0.25, 0.3) is 0 Å². The van der Waals surface area contributed by atoms with Crippen molar-refractivity contribution in [1.29, 1.82) is 0 Å². The predicted octanol–water partition coefficient (Wildman–Crippen LogP) is -1.42. The number of hydrogen-bond acceptors (Lipinski definition) is 11. The Morgan fingerprint density at radius 2 is 1.61 bits per heavy atom. The third-order valence-electron chi connectivity index (χ3n) is 4.71. The summed E-state index contributed by atoms with van der Waals surface area (Å²) < 4.78 is 20.8. The van der Waals surface area contributed by atoms with E-state index in [4.69, 9.17) is 45.1 Å². The van der Waals surface area contributed by atoms with Crippen LogP contribution in [0.1, 0.15) is 19.3 Å². The molecule has 31 heavy (non-hydrogen) atoms. The van der Waals surface area contributed by atoms with E-state index >= 15 is 0 Å². The second-order valence-electron chi connectivity index (χ2n) is 6.99. The number of nitrogen functional groups attached to an aromatic ring is 1. The number of ether oxygens (including phenoxy) is 4. The number of methoxy groups -OCH3 is 1. The molecule has 0 aliphatic carbocycles. The average molecular weight is 449 g/mol. The Kier molecular flexibility index (Phi) is 12.9. The van der Waals surface area contributed by atoms with Crippen LogP contribution in [0.15, 0.2) is 24.3 Å². The van der Waals surface area contributed by atoms with E-state index < -0.39 is 37.0 Å². The lowest BCUT2D eigenvalue weighted by Gasteiger charge is -2.35. The highest BCUT2D eigenvalue weighted by atomic mass is 16.7. The summed E-state index contributed by atoms with van der Waals surface area (Å²) in [6.07, 6.45) is -3.37. The molecular formula is C20H35NO10. The fourth-order valence-corrected chi connectivity index (χ4v) is 3.14. The van der Waals surface area contributed by atoms with Crippen molar-refractivity contribution < 1.29 is 49.6 Å². The lowest BCUT2D eigenvalue weighted by atomic mass is 10.0. The van der Waals surface area contributed by atoms with E-state index in [1.165, 1.54) is 7.11 Å². The largest absolute Gasteiger partial charge is 0.465 e. The van der Waals surface area contributed by atoms with Gasteiger partial charge in [0.05, 0.1) is 31.5 Å². The van der Waals surface area contributed by atoms with Crippen LogP contribution in [-0.2, 0) is 14.2 Å². The van der Waals surface area contributed by atoms with E-state index in [2.05, 4.69) is 0 Å². The Morgan fingerprint density at radius 3 is 2.16 bits per heavy atom. The van der Waals surface area contributed by atoms with E-state index in [0.29, 0.717) is 24.3 Å². The Labute approximate surface area is 181 Å². The minimum atomic E-state index is -0.963. The Hall–Kier alpha value is -1.54. The monoisotopic (exact) mass is 449 g/mol. The maximum absolute atomic E-state index is 9.61. The topological polar surface area (TPSA) is 184 Å². The van der Waals surface area contributed by atoms with Gasteiger partial charge in [0.2, 0.25) is 6.29 Å². The zero-order chi connectivity index (χ0) is 23.4. The van der Waals surface area contributed by atoms with Gasteiger partial charge in [0.1, 0.15) is 18.0 Å². The molecule has 1 aromatic rings. The van der Waals surface area contributed by atoms with E-state index in [9.17, 15) is 10.2 Å². The molecule has 2 saturated heterocycles. The van der Waals surface area contributed by atoms with Crippen molar-refractivity contribution in [3.05, 3.63) is 24.3 Å². The summed E-state index contributed by atoms with van der Waals surface area (Å²) in [6.45, 7) is -0.434. The normalized spacial score (nSPS) is 32.7. The van der Waals surface area contributed by atoms with Gasteiger partial charge in [0, 0.05) is 39.2 Å². The Morgan fingerprint density at radius 1 is 0.968 bits per heavy atom. The molecule has 0 radical (unpaired) electrons. The van der Waals surface area contributed by atoms with Crippen molar-refractivity contribution in [2.24, 2.45) is 0 Å². The second kappa shape index (κ2) is 14.5. The lowest BCUT2D eigenvalue weighted by molar-refractivity contribution is -0.243. The molecule has 2 aliphatic rings. The molecule has 0 amide bonds. The number of aliphatic hydroxyl groups excluding tert-OH is 6. The average Bonchev–Trinajstić information content (AvgIpc) is 2.78. The van der Waals surface area contributed by atoms with Crippen LogP contribution in [-0.4, -0.2) is 101 Å². The highest BCUT2D eigenvalue weighted by Gasteiger charge is 2.36. The fourth-order valence-electron chi connectivity index (χ4n) is 3.14. The van der Waals surface area contributed by atoms with E-state index in [-0.39, 0.29) is 25.7 Å². The van der Waals surface area contributed by atoms with Gasteiger partial charge in [-0.05, 0) is 24.3 Å². The third-order valence-corrected chi connectivity index (χ3v) is 4.71. The van der Waals surface area contributed by atoms with Gasteiger partial charge in [-0.25, -0.2) is 0 Å². The van der Waals surface area contributed by atoms with Crippen LogP contribution < -0.4 is 10.5 Å². The molecular weight excluding hydrogens is 414 g/mol. The first-order valence-electron chi connectivity index (χ1n) is 9.92. The van der Waals surface area contributed by atoms with Crippen LogP contribution in [0, 0.1) is 0 Å². The van der Waals surface area contributed by atoms with Gasteiger partial charge >= 0.3 is 0 Å². The lowest BCUT2D eigenvalue weighted by Crippen LogP contribution is -2.50. The van der Waals surface area contributed by atoms with E-state index in [1.807, 2.05) is 0 Å². The maximum atomic E-state index is 9.61. The van der Waals surface area contributed by atoms with Gasteiger partial charge in [-0.1, -0.05) is 0 Å². The standard InChI is InChI=1S/C12H17NO4.C7H14O5.CH4O/c13-8-1-3-10(4-2-8)16-12-6-9(15)5-11(7-14)17-12;1-11-4-2-6(9)12-5(3-8)7(4)10;1-2/h1-4,9,11-12,14-15H,5-7,13H2;4-10H,2-3H2,1H3;2H,1H3/t9?,11-,12?;4?,5-,6-,7-;/m01./s1. The Balaban J connectivity index is 0.000000303. The van der Waals surface area contributed by atoms with E-state index in [1.54, 1.807) is 24.3 Å². The summed E-state index contributed by atoms with van der Waals surface area (Å²) in [5, 5.41) is 52.9. The molecule has 3 unspecified atom stereocenters. The molecule has 1 aromatic carbocycles. The number of rotatable bonds is 5. The summed E-state index contributed by atoms with van der Waals surface area (Å²) in [4.78, 5) is 0. The van der Waals surface area contributed by atoms with Gasteiger partial charge in [0.15, 0.2) is 6.29 Å². The van der Waals surface area contributed by atoms with Crippen LogP contribution in [0.25, 0.3) is 0 Å². The van der Waals surface area contributed by atoms with Crippen molar-refractivity contribution >= 4 is 5.69 Å². The highest BCUT2D eigenvalue weighted by molar-refractivity contribution is 5.41. The summed E-state index contributed by atoms with van der Waals surface area (Å²) in [5.74, 6) is 0.634. The number of anilines is 1. The molecule has 11 heteroatoms. The van der Waals surface area contributed by atoms with Crippen molar-refractivity contribution in [3.63, 3.8) is 0 Å². The smallest absolute Gasteiger partial charge is 0.202 e. The zero-order valence-electron chi connectivity index (χ0n) is 17.8. The summed E-state index contributed by atoms with van der Waals surface area (Å²) in [6, 6.07) is 6.96. The highest BCUT2D eigenvalue weighted by Crippen LogP contribution is 2.23. The van der Waals surface area contributed by atoms with Crippen molar-refractivity contribution in [3.8, 4) is 5.75 Å². The van der Waals surface area contributed by atoms with Crippen LogP contribution in [0.2, 0.25) is 0 Å². The molecule has 3 rings (SSSR count). The molecule has 0 aromatic heterocycles. The molecule has 8 N–H and O–H groups in total. The summed E-state index contributed by atoms with van der Waals surface area (Å²) in [5.41, 5.74) is 6.23. The molecule has 2 aliphatic heterocycles. The third kappa shape index (κ3) is 9.23. The number of hydrogen-bond donors (Lipinski definition) is 7. The van der Waals surface area contributed by atoms with Gasteiger partial charge in [-0.3, -0.25) is 0 Å². The SMILES string of the molecule is CO.COC1C[C@H](O)O[C@H](CO)[C@@H]1O.Nc1ccc(OC2CC(O)C[C@@H](CO)O2)cc1. The van der Waals surface area contributed by atoms with Crippen molar-refractivity contribution in [1.82, 2.24) is 0 Å². The second-order valence-corrected chi connectivity index (χ2v) is 6.99. The summed E-state index contributed by atoms with van der Waals surface area (Å²) in [7, 11) is 2.44. The van der Waals surface area contributed by atoms with Crippen molar-refractivity contribution in [2.45, 2.75) is 62.4 Å². The fraction of sp³-hybridized carbons (Fsp3) is 0.700. The van der Waals surface area contributed by atoms with Gasteiger partial charge < -0.3 is 55.3 Å². The molecule has 0 saturated carbocycles. The molecule has 2 fully saturated rings. The minimum absolute atomic E-state index is 0.112. The first-order valence-corrected chi connectivity index (χ1v) is 9.92. The first-order chi connectivity index (χ1) is 14.9. The summed E-state index contributed by atoms with van der Waals surface area (Å²) >= 11 is 0. The number of aliphatic hydroxyl groups is 6. The molecule has 0 spiro atoms. The Bertz CT molecular complexity index is 576. The van der Waals surface area contributed by atoms with Crippen LogP contribution in [0.5, 0.6) is 5.75 Å². The van der Waals surface area contributed by atoms with Gasteiger partial charge in [-0.15, -0.1) is 0 Å². The maximum Gasteiger partial charge on any atom is 0.202 e. The molecule has 7 atom stereocenters. The molecule has 2 heterocycles. The van der Waals surface area contributed by atoms with Crippen LogP contribution in [0.4, 0.5) is 5.69 Å². The number of nitrogens with two attached hydrogens (primary N) is 1. The van der Waals surface area contributed by atoms with E-state index in [0.717, 1.165) is 7.11 Å². The number of benzene rings is 1. The quantitative estimate of drug-likeness (QED) is 0.262. The molecule has 11 nitrogen and oxygen atoms in total. The molecule has 0 bridgehead atoms. The van der Waals surface area contributed by atoms with Gasteiger partial charge in [-0.2, -0.15) is 0 Å². The zero-order valence-corrected chi connectivity index (χ0v) is 17.8. The molecule has 180 valence electrons. The van der Waals surface area contributed by atoms with Crippen molar-refractivity contribution in [2.75, 3.05) is 33.2 Å². The van der Waals surface area contributed by atoms with Crippen LogP contribution in [0.3, 0.4) is 0 Å². The minimum Gasteiger partial charge on any atom is -0.465 e. The van der Waals surface area contributed by atoms with Crippen LogP contribution >= 0.6 is 0 Å².